The van der Waals surface area contributed by atoms with Crippen LogP contribution in [-0.4, -0.2) is 16.0 Å². The standard InChI is InChI=1S/C12H8Br2N2O2/c13-7-1-2-9(14)10(5-7)16-12(18)8-3-4-15-6-11(8)17/h1-6,17H,(H,16,18). The highest BCUT2D eigenvalue weighted by atomic mass is 79.9. The van der Waals surface area contributed by atoms with E-state index in [9.17, 15) is 9.90 Å². The summed E-state index contributed by atoms with van der Waals surface area (Å²) in [7, 11) is 0. The number of halogens is 2. The molecule has 1 heterocycles. The fourth-order valence-corrected chi connectivity index (χ4v) is 2.07. The lowest BCUT2D eigenvalue weighted by Crippen LogP contribution is -2.12. The van der Waals surface area contributed by atoms with Gasteiger partial charge in [-0.25, -0.2) is 0 Å². The lowest BCUT2D eigenvalue weighted by molar-refractivity contribution is 0.102. The molecule has 0 aliphatic carbocycles. The van der Waals surface area contributed by atoms with Crippen molar-refractivity contribution in [3.63, 3.8) is 0 Å². The summed E-state index contributed by atoms with van der Waals surface area (Å²) in [6.07, 6.45) is 2.68. The number of carbonyl (C=O) groups is 1. The zero-order valence-electron chi connectivity index (χ0n) is 9.02. The molecule has 0 saturated heterocycles. The predicted octanol–water partition coefficient (Wildman–Crippen LogP) is 3.56. The van der Waals surface area contributed by atoms with Crippen molar-refractivity contribution in [1.29, 1.82) is 0 Å². The highest BCUT2D eigenvalue weighted by Crippen LogP contribution is 2.27. The number of nitrogens with zero attached hydrogens (tertiary/aromatic N) is 1. The van der Waals surface area contributed by atoms with E-state index in [1.54, 1.807) is 6.07 Å². The monoisotopic (exact) mass is 370 g/mol. The van der Waals surface area contributed by atoms with Gasteiger partial charge >= 0.3 is 0 Å². The Kier molecular flexibility index (Phi) is 3.98. The molecule has 2 N–H and O–H groups in total. The van der Waals surface area contributed by atoms with E-state index in [-0.39, 0.29) is 11.3 Å². The van der Waals surface area contributed by atoms with Gasteiger partial charge < -0.3 is 10.4 Å². The Hall–Kier alpha value is -1.40. The van der Waals surface area contributed by atoms with E-state index in [2.05, 4.69) is 42.2 Å². The zero-order chi connectivity index (χ0) is 13.1. The molecule has 0 saturated carbocycles. The molecule has 92 valence electrons. The van der Waals surface area contributed by atoms with E-state index in [1.807, 2.05) is 12.1 Å². The molecule has 6 heteroatoms. The molecule has 0 unspecified atom stereocenters. The summed E-state index contributed by atoms with van der Waals surface area (Å²) >= 11 is 6.67. The van der Waals surface area contributed by atoms with Gasteiger partial charge in [-0.15, -0.1) is 0 Å². The van der Waals surface area contributed by atoms with Gasteiger partial charge in [0, 0.05) is 15.1 Å². The summed E-state index contributed by atoms with van der Waals surface area (Å²) in [6, 6.07) is 6.88. The third-order valence-electron chi connectivity index (χ3n) is 2.22. The van der Waals surface area contributed by atoms with Crippen molar-refractivity contribution in [2.24, 2.45) is 0 Å². The molecule has 2 rings (SSSR count). The van der Waals surface area contributed by atoms with Crippen molar-refractivity contribution < 1.29 is 9.90 Å². The summed E-state index contributed by atoms with van der Waals surface area (Å²) < 4.78 is 1.60. The number of aromatic nitrogens is 1. The summed E-state index contributed by atoms with van der Waals surface area (Å²) in [5, 5.41) is 12.2. The number of carbonyl (C=O) groups excluding carboxylic acids is 1. The lowest BCUT2D eigenvalue weighted by atomic mass is 10.2. The zero-order valence-corrected chi connectivity index (χ0v) is 12.2. The van der Waals surface area contributed by atoms with E-state index in [4.69, 9.17) is 0 Å². The number of rotatable bonds is 2. The molecule has 1 aromatic heterocycles. The van der Waals surface area contributed by atoms with Crippen LogP contribution in [0.4, 0.5) is 5.69 Å². The average Bonchev–Trinajstić information content (AvgIpc) is 2.34. The Morgan fingerprint density at radius 3 is 2.78 bits per heavy atom. The SMILES string of the molecule is O=C(Nc1cc(Br)ccc1Br)c1ccncc1O. The first-order chi connectivity index (χ1) is 8.58. The van der Waals surface area contributed by atoms with Crippen LogP contribution < -0.4 is 5.32 Å². The number of nitrogens with one attached hydrogen (secondary N) is 1. The van der Waals surface area contributed by atoms with Gasteiger partial charge in [-0.3, -0.25) is 9.78 Å². The molecule has 0 spiro atoms. The Labute approximate surface area is 120 Å². The van der Waals surface area contributed by atoms with Crippen LogP contribution in [0.5, 0.6) is 5.75 Å². The van der Waals surface area contributed by atoms with Crippen molar-refractivity contribution in [2.45, 2.75) is 0 Å². The third kappa shape index (κ3) is 2.88. The summed E-state index contributed by atoms with van der Waals surface area (Å²) in [6.45, 7) is 0. The number of pyridine rings is 1. The average molecular weight is 372 g/mol. The van der Waals surface area contributed by atoms with E-state index in [1.165, 1.54) is 18.5 Å². The van der Waals surface area contributed by atoms with Gasteiger partial charge in [0.15, 0.2) is 0 Å². The summed E-state index contributed by atoms with van der Waals surface area (Å²) in [4.78, 5) is 15.7. The molecule has 4 nitrogen and oxygen atoms in total. The van der Waals surface area contributed by atoms with Crippen LogP contribution in [-0.2, 0) is 0 Å². The Morgan fingerprint density at radius 1 is 1.28 bits per heavy atom. The van der Waals surface area contributed by atoms with Gasteiger partial charge in [0.1, 0.15) is 5.75 Å². The molecule has 0 bridgehead atoms. The maximum absolute atomic E-state index is 12.0. The maximum Gasteiger partial charge on any atom is 0.259 e. The van der Waals surface area contributed by atoms with Crippen LogP contribution in [0.2, 0.25) is 0 Å². The van der Waals surface area contributed by atoms with E-state index in [0.717, 1.165) is 8.95 Å². The van der Waals surface area contributed by atoms with Crippen LogP contribution in [0.1, 0.15) is 10.4 Å². The molecule has 0 atom stereocenters. The first-order valence-electron chi connectivity index (χ1n) is 4.97. The third-order valence-corrected chi connectivity index (χ3v) is 3.41. The summed E-state index contributed by atoms with van der Waals surface area (Å²) in [5.41, 5.74) is 0.794. The molecular weight excluding hydrogens is 364 g/mol. The second-order valence-corrected chi connectivity index (χ2v) is 5.24. The first-order valence-corrected chi connectivity index (χ1v) is 6.56. The topological polar surface area (TPSA) is 62.2 Å². The van der Waals surface area contributed by atoms with Crippen LogP contribution in [0.25, 0.3) is 0 Å². The van der Waals surface area contributed by atoms with Crippen LogP contribution in [0.3, 0.4) is 0 Å². The second-order valence-electron chi connectivity index (χ2n) is 3.47. The smallest absolute Gasteiger partial charge is 0.259 e. The predicted molar refractivity (Wildman–Crippen MR) is 75.7 cm³/mol. The molecule has 0 aliphatic heterocycles. The minimum atomic E-state index is -0.395. The second kappa shape index (κ2) is 5.49. The minimum Gasteiger partial charge on any atom is -0.505 e. The highest BCUT2D eigenvalue weighted by Gasteiger charge is 2.12. The lowest BCUT2D eigenvalue weighted by Gasteiger charge is -2.08. The molecule has 2 aromatic rings. The summed E-state index contributed by atoms with van der Waals surface area (Å²) in [5.74, 6) is -0.546. The number of hydrogen-bond donors (Lipinski definition) is 2. The Morgan fingerprint density at radius 2 is 2.06 bits per heavy atom. The van der Waals surface area contributed by atoms with Crippen LogP contribution >= 0.6 is 31.9 Å². The molecule has 1 aromatic carbocycles. The van der Waals surface area contributed by atoms with Crippen LogP contribution in [0, 0.1) is 0 Å². The van der Waals surface area contributed by atoms with Crippen molar-refractivity contribution in [3.8, 4) is 5.75 Å². The number of benzene rings is 1. The quantitative estimate of drug-likeness (QED) is 0.848. The van der Waals surface area contributed by atoms with Crippen LogP contribution in [0.15, 0.2) is 45.6 Å². The van der Waals surface area contributed by atoms with Gasteiger partial charge in [-0.2, -0.15) is 0 Å². The van der Waals surface area contributed by atoms with E-state index < -0.39 is 5.91 Å². The van der Waals surface area contributed by atoms with Gasteiger partial charge in [0.05, 0.1) is 17.4 Å². The van der Waals surface area contributed by atoms with Crippen molar-refractivity contribution in [2.75, 3.05) is 5.32 Å². The van der Waals surface area contributed by atoms with Gasteiger partial charge in [0.2, 0.25) is 0 Å². The number of amides is 1. The molecule has 0 radical (unpaired) electrons. The first kappa shape index (κ1) is 13.0. The van der Waals surface area contributed by atoms with Gasteiger partial charge in [0.25, 0.3) is 5.91 Å². The molecule has 0 aliphatic rings. The Bertz CT molecular complexity index is 602. The van der Waals surface area contributed by atoms with Crippen molar-refractivity contribution in [1.82, 2.24) is 4.98 Å². The van der Waals surface area contributed by atoms with Crippen molar-refractivity contribution >= 4 is 43.5 Å². The highest BCUT2D eigenvalue weighted by molar-refractivity contribution is 9.11. The number of anilines is 1. The van der Waals surface area contributed by atoms with Gasteiger partial charge in [-0.05, 0) is 40.2 Å². The van der Waals surface area contributed by atoms with Crippen molar-refractivity contribution in [3.05, 3.63) is 51.2 Å². The van der Waals surface area contributed by atoms with E-state index >= 15 is 0 Å². The number of hydrogen-bond acceptors (Lipinski definition) is 3. The fraction of sp³-hybridized carbons (Fsp3) is 0. The fourth-order valence-electron chi connectivity index (χ4n) is 1.36. The molecule has 1 amide bonds. The Balaban J connectivity index is 2.27. The van der Waals surface area contributed by atoms with E-state index in [0.29, 0.717) is 5.69 Å². The number of aromatic hydroxyl groups is 1. The molecular formula is C12H8Br2N2O2. The maximum atomic E-state index is 12.0. The molecule has 18 heavy (non-hydrogen) atoms. The van der Waals surface area contributed by atoms with Gasteiger partial charge in [-0.1, -0.05) is 15.9 Å². The normalized spacial score (nSPS) is 10.1. The minimum absolute atomic E-state index is 0.152. The molecule has 0 fully saturated rings. The largest absolute Gasteiger partial charge is 0.505 e.